The molecular weight excluding hydrogens is 799 g/mol. The first-order valence-electron chi connectivity index (χ1n) is 20.9. The minimum Gasteiger partial charge on any atom is -0.465 e. The summed E-state index contributed by atoms with van der Waals surface area (Å²) in [6, 6.07) is 7.92. The number of aliphatic hydroxyl groups excluding tert-OH is 2. The fourth-order valence-electron chi connectivity index (χ4n) is 8.62. The van der Waals surface area contributed by atoms with Crippen LogP contribution in [0, 0.1) is 41.1 Å². The van der Waals surface area contributed by atoms with Crippen LogP contribution in [0.2, 0.25) is 0 Å². The molecule has 16 heteroatoms. The highest BCUT2D eigenvalue weighted by atomic mass is 19.1. The Morgan fingerprint density at radius 3 is 2.16 bits per heavy atom. The molecule has 0 radical (unpaired) electrons. The Morgan fingerprint density at radius 1 is 0.951 bits per heavy atom. The molecule has 0 aromatic heterocycles. The van der Waals surface area contributed by atoms with Crippen molar-refractivity contribution in [1.29, 1.82) is 0 Å². The van der Waals surface area contributed by atoms with Crippen molar-refractivity contribution >= 4 is 23.4 Å². The topological polar surface area (TPSA) is 180 Å². The number of halogens is 3. The molecule has 340 valence electrons. The molecule has 61 heavy (non-hydrogen) atoms. The number of hydrogen-bond acceptors (Lipinski definition) is 13. The predicted octanol–water partition coefficient (Wildman–Crippen LogP) is 5.37. The number of ether oxygens (including phenoxy) is 4. The molecular formula is C45H64F3N3O10. The van der Waals surface area contributed by atoms with E-state index in [0.29, 0.717) is 23.8 Å². The van der Waals surface area contributed by atoms with Gasteiger partial charge in [-0.2, -0.15) is 10.2 Å². The molecule has 2 aromatic rings. The number of aliphatic hydroxyl groups is 4. The van der Waals surface area contributed by atoms with Crippen LogP contribution < -0.4 is 0 Å². The van der Waals surface area contributed by atoms with Crippen molar-refractivity contribution < 1.29 is 62.1 Å². The summed E-state index contributed by atoms with van der Waals surface area (Å²) in [5.41, 5.74) is -2.64. The van der Waals surface area contributed by atoms with E-state index >= 15 is 0 Å². The summed E-state index contributed by atoms with van der Waals surface area (Å²) in [6.45, 7) is 12.5. The second kappa shape index (κ2) is 21.1. The quantitative estimate of drug-likeness (QED) is 0.137. The third kappa shape index (κ3) is 12.9. The maximum Gasteiger partial charge on any atom is 0.310 e. The largest absolute Gasteiger partial charge is 0.465 e. The van der Waals surface area contributed by atoms with Crippen LogP contribution in [0.15, 0.2) is 52.7 Å². The van der Waals surface area contributed by atoms with E-state index in [1.165, 1.54) is 38.1 Å². The first-order valence-corrected chi connectivity index (χ1v) is 20.9. The van der Waals surface area contributed by atoms with Crippen molar-refractivity contribution in [3.63, 3.8) is 0 Å². The van der Waals surface area contributed by atoms with Gasteiger partial charge in [-0.15, -0.1) is 0 Å². The van der Waals surface area contributed by atoms with E-state index in [-0.39, 0.29) is 36.6 Å². The number of rotatable bonds is 10. The molecule has 0 aliphatic carbocycles. The van der Waals surface area contributed by atoms with Crippen LogP contribution in [0.5, 0.6) is 0 Å². The maximum atomic E-state index is 14.0. The van der Waals surface area contributed by atoms with Crippen LogP contribution in [0.1, 0.15) is 92.2 Å². The fraction of sp³-hybridized carbons (Fsp3) is 0.644. The molecule has 4 rings (SSSR count). The number of carbonyl (C=O) groups excluding carboxylic acids is 2. The molecule has 13 atom stereocenters. The first kappa shape index (κ1) is 49.9. The number of hydrogen-bond donors (Lipinski definition) is 4. The van der Waals surface area contributed by atoms with Crippen molar-refractivity contribution in [3.05, 3.63) is 71.0 Å². The average molecular weight is 864 g/mol. The second-order valence-electron chi connectivity index (χ2n) is 17.6. The summed E-state index contributed by atoms with van der Waals surface area (Å²) in [4.78, 5) is 29.0. The van der Waals surface area contributed by atoms with E-state index in [9.17, 15) is 43.2 Å². The summed E-state index contributed by atoms with van der Waals surface area (Å²) >= 11 is 0. The van der Waals surface area contributed by atoms with Crippen molar-refractivity contribution in [3.8, 4) is 0 Å². The monoisotopic (exact) mass is 863 g/mol. The highest BCUT2D eigenvalue weighted by Gasteiger charge is 2.50. The van der Waals surface area contributed by atoms with Gasteiger partial charge in [0.2, 0.25) is 0 Å². The van der Waals surface area contributed by atoms with Crippen LogP contribution in [0.4, 0.5) is 13.2 Å². The van der Waals surface area contributed by atoms with Gasteiger partial charge in [-0.25, -0.2) is 13.2 Å². The van der Waals surface area contributed by atoms with Crippen LogP contribution >= 0.6 is 0 Å². The Bertz CT molecular complexity index is 1840. The standard InChI is InChI=1S/C45H64F3N3O10/c1-11-36-45(8,57)40(54)27(5)38(50-49-28(6)30-12-14-32(46)15-13-30)25(3)22-44(7,56)41(61-43-39(53)35(51(9)10)17-26(4)59-43)31(16-24(2)42(55)60-36)23-58-37(52)20-29-18-33(47)21-34(48)19-29/h12-15,18-19,21,24-27,31,35-36,39-41,43,53-54,56-57H,11,16-17,20,22-23H2,1-10H3. The highest BCUT2D eigenvalue weighted by Crippen LogP contribution is 2.38. The van der Waals surface area contributed by atoms with Gasteiger partial charge in [0.25, 0.3) is 0 Å². The van der Waals surface area contributed by atoms with Gasteiger partial charge in [0.1, 0.15) is 35.3 Å². The SMILES string of the molecule is CCC1OC(=O)C(C)CC(COC(=O)Cc2cc(F)cc(F)c2)C(OC2OC(C)CC(N(C)C)C2O)C(C)(O)CC(C)C(=NN=C(C)c2ccc(F)cc2)C(C)C(O)C1(C)O. The Balaban J connectivity index is 1.85. The zero-order chi connectivity index (χ0) is 45.6. The molecule has 0 spiro atoms. The van der Waals surface area contributed by atoms with Crippen LogP contribution in [-0.2, 0) is 35.0 Å². The number of cyclic esters (lactones) is 1. The summed E-state index contributed by atoms with van der Waals surface area (Å²) < 4.78 is 66.2. The van der Waals surface area contributed by atoms with Crippen LogP contribution in [-0.4, -0.2) is 123 Å². The van der Waals surface area contributed by atoms with Gasteiger partial charge in [-0.05, 0) is 109 Å². The molecule has 0 saturated carbocycles. The van der Waals surface area contributed by atoms with E-state index in [1.807, 2.05) is 11.8 Å². The molecule has 2 heterocycles. The number of esters is 2. The van der Waals surface area contributed by atoms with Gasteiger partial charge in [-0.3, -0.25) is 9.59 Å². The normalized spacial score (nSPS) is 35.4. The van der Waals surface area contributed by atoms with Gasteiger partial charge in [0, 0.05) is 29.7 Å². The molecule has 4 N–H and O–H groups in total. The third-order valence-electron chi connectivity index (χ3n) is 12.0. The highest BCUT2D eigenvalue weighted by molar-refractivity contribution is 5.99. The van der Waals surface area contributed by atoms with Gasteiger partial charge in [0.05, 0.1) is 48.6 Å². The number of likely N-dealkylation sites (N-methyl/N-ethyl adjacent to an activating group) is 1. The van der Waals surface area contributed by atoms with E-state index in [0.717, 1.165) is 12.1 Å². The fourth-order valence-corrected chi connectivity index (χ4v) is 8.62. The summed E-state index contributed by atoms with van der Waals surface area (Å²) in [5.74, 6) is -7.43. The second-order valence-corrected chi connectivity index (χ2v) is 17.6. The lowest BCUT2D eigenvalue weighted by Crippen LogP contribution is -2.59. The van der Waals surface area contributed by atoms with Crippen LogP contribution in [0.3, 0.4) is 0 Å². The van der Waals surface area contributed by atoms with E-state index in [4.69, 9.17) is 18.9 Å². The lowest BCUT2D eigenvalue weighted by molar-refractivity contribution is -0.297. The Hall–Kier alpha value is -3.77. The van der Waals surface area contributed by atoms with Gasteiger partial charge in [0.15, 0.2) is 6.29 Å². The van der Waals surface area contributed by atoms with Gasteiger partial charge >= 0.3 is 11.9 Å². The minimum absolute atomic E-state index is 0.0274. The van der Waals surface area contributed by atoms with Crippen LogP contribution in [0.25, 0.3) is 0 Å². The zero-order valence-electron chi connectivity index (χ0n) is 36.8. The number of benzene rings is 2. The molecule has 2 aromatic carbocycles. The zero-order valence-corrected chi connectivity index (χ0v) is 36.8. The molecule has 2 aliphatic heterocycles. The smallest absolute Gasteiger partial charge is 0.310 e. The molecule has 2 aliphatic rings. The lowest BCUT2D eigenvalue weighted by atomic mass is 9.74. The minimum atomic E-state index is -2.00. The van der Waals surface area contributed by atoms with Crippen molar-refractivity contribution in [1.82, 2.24) is 4.90 Å². The van der Waals surface area contributed by atoms with Gasteiger partial charge in [-0.1, -0.05) is 39.8 Å². The predicted molar refractivity (Wildman–Crippen MR) is 222 cm³/mol. The van der Waals surface area contributed by atoms with Crippen molar-refractivity contribution in [2.75, 3.05) is 20.7 Å². The molecule has 2 saturated heterocycles. The molecule has 0 bridgehead atoms. The first-order chi connectivity index (χ1) is 28.4. The Morgan fingerprint density at radius 2 is 1.57 bits per heavy atom. The Labute approximate surface area is 356 Å². The van der Waals surface area contributed by atoms with Crippen molar-refractivity contribution in [2.45, 2.75) is 142 Å². The summed E-state index contributed by atoms with van der Waals surface area (Å²) in [6.07, 6.45) is -7.15. The van der Waals surface area contributed by atoms with E-state index < -0.39 is 114 Å². The van der Waals surface area contributed by atoms with E-state index in [1.54, 1.807) is 48.7 Å². The maximum absolute atomic E-state index is 14.0. The summed E-state index contributed by atoms with van der Waals surface area (Å²) in [7, 11) is 3.61. The average Bonchev–Trinajstić information content (AvgIpc) is 3.17. The summed E-state index contributed by atoms with van der Waals surface area (Å²) in [5, 5.41) is 57.1. The van der Waals surface area contributed by atoms with Crippen molar-refractivity contribution in [2.24, 2.45) is 33.9 Å². The third-order valence-corrected chi connectivity index (χ3v) is 12.0. The molecule has 13 unspecified atom stereocenters. The molecule has 0 amide bonds. The number of carbonyl (C=O) groups is 2. The number of nitrogens with zero attached hydrogens (tertiary/aromatic N) is 3. The molecule has 2 fully saturated rings. The van der Waals surface area contributed by atoms with E-state index in [2.05, 4.69) is 10.2 Å². The molecule has 13 nitrogen and oxygen atoms in total. The Kier molecular flexibility index (Phi) is 17.2. The lowest BCUT2D eigenvalue weighted by Gasteiger charge is -2.46. The van der Waals surface area contributed by atoms with Gasteiger partial charge < -0.3 is 44.3 Å².